The predicted molar refractivity (Wildman–Crippen MR) is 190 cm³/mol. The quantitative estimate of drug-likeness (QED) is 0.132. The van der Waals surface area contributed by atoms with Crippen LogP contribution in [0.3, 0.4) is 0 Å². The molecule has 0 atom stereocenters. The molecule has 0 unspecified atom stereocenters. The molecule has 4 heterocycles. The van der Waals surface area contributed by atoms with Gasteiger partial charge >= 0.3 is 0 Å². The van der Waals surface area contributed by atoms with Crippen LogP contribution >= 0.6 is 0 Å². The minimum Gasteiger partial charge on any atom is -0.501 e. The minimum atomic E-state index is 0. The van der Waals surface area contributed by atoms with Gasteiger partial charge in [0.15, 0.2) is 0 Å². The Bertz CT molecular complexity index is 2230. The molecule has 0 bridgehead atoms. The first-order valence-corrected chi connectivity index (χ1v) is 15.4. The Kier molecular flexibility index (Phi) is 11.3. The van der Waals surface area contributed by atoms with Gasteiger partial charge in [0, 0.05) is 44.4 Å². The van der Waals surface area contributed by atoms with Gasteiger partial charge < -0.3 is 19.0 Å². The Morgan fingerprint density at radius 3 is 2.06 bits per heavy atom. The number of hydrogen-bond donors (Lipinski definition) is 0. The molecule has 8 aromatic rings. The Hall–Kier alpha value is -5.35. The molecule has 0 aliphatic carbocycles. The first-order chi connectivity index (χ1) is 23.0. The molecule has 4 aromatic carbocycles. The summed E-state index contributed by atoms with van der Waals surface area (Å²) in [6.07, 6.45) is 1.87. The van der Waals surface area contributed by atoms with Gasteiger partial charge in [-0.25, -0.2) is 0 Å². The number of aromatic nitrogens is 3. The van der Waals surface area contributed by atoms with Gasteiger partial charge in [0.05, 0.1) is 11.3 Å². The van der Waals surface area contributed by atoms with Crippen molar-refractivity contribution in [1.29, 1.82) is 0 Å². The van der Waals surface area contributed by atoms with Crippen molar-refractivity contribution in [3.63, 3.8) is 0 Å². The monoisotopic (exact) mass is 801 g/mol. The molecule has 48 heavy (non-hydrogen) atoms. The predicted octanol–water partition coefficient (Wildman–Crippen LogP) is 10.0. The number of fused-ring (bicyclic) bond motifs is 3. The number of hydrogen-bond acceptors (Lipinski definition) is 3. The van der Waals surface area contributed by atoms with Gasteiger partial charge in [-0.05, 0) is 55.9 Å². The van der Waals surface area contributed by atoms with Gasteiger partial charge in [-0.15, -0.1) is 84.4 Å². The van der Waals surface area contributed by atoms with Crippen molar-refractivity contribution >= 4 is 21.9 Å². The van der Waals surface area contributed by atoms with Crippen LogP contribution in [0.1, 0.15) is 17.0 Å². The molecular weight excluding hydrogens is 767 g/mol. The third kappa shape index (κ3) is 7.95. The van der Waals surface area contributed by atoms with E-state index in [1.807, 2.05) is 153 Å². The SMILES string of the molecule is Cc1ccc(-c2[c-]ccc3c2oc2ccccc23)nc1.Cc1cccc(-c2[c-]cccc2)n1.[CH2-][n+]1c(C)cccc1-c1[c-]cccc1.[Ir]. The number of pyridine rings is 3. The Morgan fingerprint density at radius 2 is 1.35 bits per heavy atom. The van der Waals surface area contributed by atoms with Crippen LogP contribution in [0.5, 0.6) is 0 Å². The second-order valence-corrected chi connectivity index (χ2v) is 11.1. The summed E-state index contributed by atoms with van der Waals surface area (Å²) in [5, 5.41) is 2.24. The van der Waals surface area contributed by atoms with Gasteiger partial charge in [0.2, 0.25) is 0 Å². The van der Waals surface area contributed by atoms with E-state index in [2.05, 4.69) is 47.3 Å². The third-order valence-electron chi connectivity index (χ3n) is 7.67. The van der Waals surface area contributed by atoms with Crippen LogP contribution in [-0.2, 0) is 20.1 Å². The van der Waals surface area contributed by atoms with Crippen LogP contribution in [0, 0.1) is 46.0 Å². The van der Waals surface area contributed by atoms with Gasteiger partial charge in [-0.2, -0.15) is 0 Å². The standard InChI is InChI=1S/C18H12NO.C13H12N.C12H10N.Ir/c1-12-9-10-16(19-11-12)15-7-4-6-14-13-5-2-3-8-17(13)20-18(14)15;1-11-7-6-10-13(14(11)2)12-8-4-3-5-9-12;1-10-6-5-9-12(13-10)11-7-3-2-4-8-11;/h2-6,8-11H,1H3;3-8,10H,2H2,1H3;2-7,9H,1H3;/q3*-1;. The molecule has 1 radical (unpaired) electrons. The Balaban J connectivity index is 0.000000144. The smallest absolute Gasteiger partial charge is 0.120 e. The molecule has 0 amide bonds. The van der Waals surface area contributed by atoms with Crippen molar-refractivity contribution in [2.45, 2.75) is 20.8 Å². The van der Waals surface area contributed by atoms with E-state index in [1.54, 1.807) is 0 Å². The van der Waals surface area contributed by atoms with Crippen molar-refractivity contribution in [3.05, 3.63) is 182 Å². The van der Waals surface area contributed by atoms with Crippen molar-refractivity contribution in [1.82, 2.24) is 9.97 Å². The maximum Gasteiger partial charge on any atom is 0.120 e. The van der Waals surface area contributed by atoms with Gasteiger partial charge in [-0.3, -0.25) is 0 Å². The molecule has 0 aliphatic heterocycles. The molecule has 0 fully saturated rings. The van der Waals surface area contributed by atoms with Crippen LogP contribution in [0.25, 0.3) is 55.7 Å². The topological polar surface area (TPSA) is 42.8 Å². The number of benzene rings is 4. The van der Waals surface area contributed by atoms with Crippen molar-refractivity contribution in [2.24, 2.45) is 0 Å². The van der Waals surface area contributed by atoms with Crippen LogP contribution in [0.2, 0.25) is 0 Å². The molecule has 4 aromatic heterocycles. The van der Waals surface area contributed by atoms with Gasteiger partial charge in [-0.1, -0.05) is 71.1 Å². The molecule has 0 spiro atoms. The molecule has 0 aliphatic rings. The summed E-state index contributed by atoms with van der Waals surface area (Å²) < 4.78 is 7.92. The molecule has 0 saturated heterocycles. The van der Waals surface area contributed by atoms with Crippen LogP contribution in [0.15, 0.2) is 144 Å². The minimum absolute atomic E-state index is 0. The van der Waals surface area contributed by atoms with Crippen molar-refractivity contribution < 1.29 is 29.1 Å². The maximum absolute atomic E-state index is 6.00. The number of furan rings is 1. The summed E-state index contributed by atoms with van der Waals surface area (Å²) in [6, 6.07) is 53.6. The molecule has 5 heteroatoms. The summed E-state index contributed by atoms with van der Waals surface area (Å²) in [6.45, 7) is 6.06. The summed E-state index contributed by atoms with van der Waals surface area (Å²) in [4.78, 5) is 8.89. The first kappa shape index (κ1) is 34.0. The van der Waals surface area contributed by atoms with Gasteiger partial charge in [0.1, 0.15) is 11.3 Å². The Morgan fingerprint density at radius 1 is 0.625 bits per heavy atom. The summed E-state index contributed by atoms with van der Waals surface area (Å²) >= 11 is 0. The first-order valence-electron chi connectivity index (χ1n) is 15.4. The zero-order chi connectivity index (χ0) is 32.6. The van der Waals surface area contributed by atoms with E-state index in [4.69, 9.17) is 4.42 Å². The van der Waals surface area contributed by atoms with Crippen LogP contribution in [0.4, 0.5) is 0 Å². The van der Waals surface area contributed by atoms with Gasteiger partial charge in [0.25, 0.3) is 0 Å². The maximum atomic E-state index is 6.00. The van der Waals surface area contributed by atoms with E-state index in [0.29, 0.717) is 0 Å². The Labute approximate surface area is 296 Å². The average molecular weight is 801 g/mol. The van der Waals surface area contributed by atoms with E-state index >= 15 is 0 Å². The van der Waals surface area contributed by atoms with Crippen LogP contribution in [-0.4, -0.2) is 9.97 Å². The number of nitrogens with zero attached hydrogens (tertiary/aromatic N) is 3. The third-order valence-corrected chi connectivity index (χ3v) is 7.67. The number of aryl methyl sites for hydroxylation is 3. The summed E-state index contributed by atoms with van der Waals surface area (Å²) in [5.74, 6) is 0. The average Bonchev–Trinajstić information content (AvgIpc) is 3.50. The fourth-order valence-electron chi connectivity index (χ4n) is 5.18. The largest absolute Gasteiger partial charge is 0.501 e. The summed E-state index contributed by atoms with van der Waals surface area (Å²) in [7, 11) is 3.99. The number of para-hydroxylation sites is 1. The fourth-order valence-corrected chi connectivity index (χ4v) is 5.18. The van der Waals surface area contributed by atoms with E-state index < -0.39 is 0 Å². The molecule has 0 N–H and O–H groups in total. The van der Waals surface area contributed by atoms with Crippen molar-refractivity contribution in [3.8, 4) is 33.8 Å². The molecule has 239 valence electrons. The van der Waals surface area contributed by atoms with E-state index in [-0.39, 0.29) is 20.1 Å². The van der Waals surface area contributed by atoms with E-state index in [9.17, 15) is 0 Å². The molecule has 8 rings (SSSR count). The summed E-state index contributed by atoms with van der Waals surface area (Å²) in [5.41, 5.74) is 11.1. The normalized spacial score (nSPS) is 10.3. The van der Waals surface area contributed by atoms with E-state index in [1.165, 1.54) is 0 Å². The second kappa shape index (κ2) is 16.0. The number of rotatable bonds is 3. The molecular formula is C43H34IrN3O-3. The van der Waals surface area contributed by atoms with E-state index in [0.717, 1.165) is 72.7 Å². The van der Waals surface area contributed by atoms with Crippen LogP contribution < -0.4 is 4.57 Å². The second-order valence-electron chi connectivity index (χ2n) is 11.1. The molecule has 0 saturated carbocycles. The zero-order valence-electron chi connectivity index (χ0n) is 27.1. The zero-order valence-corrected chi connectivity index (χ0v) is 29.5. The molecule has 4 nitrogen and oxygen atoms in total. The van der Waals surface area contributed by atoms with Crippen molar-refractivity contribution in [2.75, 3.05) is 0 Å². The fraction of sp³-hybridized carbons (Fsp3) is 0.0698.